The van der Waals surface area contributed by atoms with Gasteiger partial charge < -0.3 is 4.98 Å². The average Bonchev–Trinajstić information content (AvgIpc) is 3.48. The van der Waals surface area contributed by atoms with Gasteiger partial charge in [-0.1, -0.05) is 54.6 Å². The molecular weight excluding hydrogens is 446 g/mol. The van der Waals surface area contributed by atoms with Gasteiger partial charge in [0.15, 0.2) is 0 Å². The lowest BCUT2D eigenvalue weighted by Gasteiger charge is -2.12. The molecule has 4 aromatic heterocycles. The molecule has 36 heavy (non-hydrogen) atoms. The highest BCUT2D eigenvalue weighted by atomic mass is 16.1. The lowest BCUT2D eigenvalue weighted by Crippen LogP contribution is -2.06. The molecule has 0 radical (unpaired) electrons. The number of benzene rings is 2. The molecule has 0 atom stereocenters. The normalized spacial score (nSPS) is 11.1. The first kappa shape index (κ1) is 21.7. The monoisotopic (exact) mass is 469 g/mol. The first-order chi connectivity index (χ1) is 17.7. The van der Waals surface area contributed by atoms with Crippen molar-refractivity contribution < 1.29 is 0 Å². The highest BCUT2D eigenvalue weighted by molar-refractivity contribution is 5.91. The number of aromatic amines is 1. The summed E-state index contributed by atoms with van der Waals surface area (Å²) < 4.78 is 1.80. The number of aryl methyl sites for hydroxylation is 2. The summed E-state index contributed by atoms with van der Waals surface area (Å²) in [5.41, 5.74) is 7.62. The van der Waals surface area contributed by atoms with Gasteiger partial charge in [0.2, 0.25) is 0 Å². The number of H-pyrrole nitrogens is 1. The molecule has 0 fully saturated rings. The fourth-order valence-corrected chi connectivity index (χ4v) is 4.39. The van der Waals surface area contributed by atoms with Crippen LogP contribution in [-0.2, 0) is 12.8 Å². The predicted molar refractivity (Wildman–Crippen MR) is 142 cm³/mol. The van der Waals surface area contributed by atoms with Gasteiger partial charge in [-0.05, 0) is 54.3 Å². The Hall–Kier alpha value is -4.84. The van der Waals surface area contributed by atoms with E-state index in [0.29, 0.717) is 10.9 Å². The van der Waals surface area contributed by atoms with E-state index in [1.807, 2.05) is 67.0 Å². The molecule has 1 N–H and O–H groups in total. The van der Waals surface area contributed by atoms with Crippen molar-refractivity contribution in [2.45, 2.75) is 12.8 Å². The number of fused-ring (bicyclic) bond motifs is 1. The van der Waals surface area contributed by atoms with E-state index in [-0.39, 0.29) is 5.56 Å². The molecule has 0 saturated heterocycles. The van der Waals surface area contributed by atoms with Crippen LogP contribution in [0.5, 0.6) is 0 Å². The summed E-state index contributed by atoms with van der Waals surface area (Å²) >= 11 is 0. The third kappa shape index (κ3) is 4.32. The first-order valence-corrected chi connectivity index (χ1v) is 11.9. The van der Waals surface area contributed by atoms with Gasteiger partial charge in [0.25, 0.3) is 5.56 Å². The largest absolute Gasteiger partial charge is 0.328 e. The summed E-state index contributed by atoms with van der Waals surface area (Å²) in [7, 11) is 0. The maximum Gasteiger partial charge on any atom is 0.257 e. The van der Waals surface area contributed by atoms with Crippen molar-refractivity contribution in [3.8, 4) is 28.1 Å². The zero-order valence-corrected chi connectivity index (χ0v) is 19.5. The summed E-state index contributed by atoms with van der Waals surface area (Å²) in [6.07, 6.45) is 8.90. The third-order valence-electron chi connectivity index (χ3n) is 6.31. The average molecular weight is 470 g/mol. The second-order valence-electron chi connectivity index (χ2n) is 8.65. The van der Waals surface area contributed by atoms with Crippen molar-refractivity contribution in [3.05, 3.63) is 131 Å². The molecule has 0 aliphatic carbocycles. The zero-order chi connectivity index (χ0) is 24.3. The van der Waals surface area contributed by atoms with Crippen LogP contribution in [0.15, 0.2) is 115 Å². The molecule has 6 aromatic rings. The van der Waals surface area contributed by atoms with Crippen LogP contribution >= 0.6 is 0 Å². The number of aromatic nitrogens is 5. The van der Waals surface area contributed by atoms with E-state index in [9.17, 15) is 4.79 Å². The Labute approximate surface area is 207 Å². The summed E-state index contributed by atoms with van der Waals surface area (Å²) in [4.78, 5) is 24.7. The fraction of sp³-hybridized carbons (Fsp3) is 0.0667. The number of nitrogens with zero attached hydrogens (tertiary/aromatic N) is 4. The lowest BCUT2D eigenvalue weighted by molar-refractivity contribution is 0.858. The summed E-state index contributed by atoms with van der Waals surface area (Å²) in [5.74, 6) is 0. The van der Waals surface area contributed by atoms with E-state index in [4.69, 9.17) is 4.98 Å². The van der Waals surface area contributed by atoms with Gasteiger partial charge in [-0.15, -0.1) is 0 Å². The molecule has 0 bridgehead atoms. The Balaban J connectivity index is 1.27. The number of pyridine rings is 3. The van der Waals surface area contributed by atoms with Crippen LogP contribution in [-0.4, -0.2) is 24.7 Å². The van der Waals surface area contributed by atoms with Crippen LogP contribution in [0.4, 0.5) is 0 Å². The fourth-order valence-electron chi connectivity index (χ4n) is 4.39. The van der Waals surface area contributed by atoms with E-state index < -0.39 is 0 Å². The molecule has 174 valence electrons. The molecule has 6 heteroatoms. The molecule has 0 aliphatic rings. The van der Waals surface area contributed by atoms with E-state index in [2.05, 4.69) is 45.4 Å². The van der Waals surface area contributed by atoms with Gasteiger partial charge in [-0.25, -0.2) is 9.67 Å². The van der Waals surface area contributed by atoms with Crippen molar-refractivity contribution in [3.63, 3.8) is 0 Å². The Morgan fingerprint density at radius 2 is 1.69 bits per heavy atom. The second kappa shape index (κ2) is 9.43. The molecule has 0 amide bonds. The number of rotatable bonds is 6. The molecule has 0 unspecified atom stereocenters. The van der Waals surface area contributed by atoms with Crippen molar-refractivity contribution in [1.29, 1.82) is 0 Å². The molecule has 0 spiro atoms. The minimum Gasteiger partial charge on any atom is -0.328 e. The van der Waals surface area contributed by atoms with Crippen LogP contribution < -0.4 is 5.56 Å². The standard InChI is InChI=1S/C30H23N5O/c36-30-27-19-26(22-5-2-1-3-6-22)29(34-28(27)15-17-31-30)23-10-7-21(8-11-23)9-12-24-13-14-25(20-32-24)35-18-4-16-33-35/h1-8,10-11,13-20H,9,12H2,(H,31,36). The predicted octanol–water partition coefficient (Wildman–Crippen LogP) is 5.62. The molecule has 6 nitrogen and oxygen atoms in total. The lowest BCUT2D eigenvalue weighted by atomic mass is 9.96. The summed E-state index contributed by atoms with van der Waals surface area (Å²) in [6, 6.07) is 28.4. The van der Waals surface area contributed by atoms with Crippen molar-refractivity contribution in [2.75, 3.05) is 0 Å². The van der Waals surface area contributed by atoms with E-state index in [1.165, 1.54) is 5.56 Å². The van der Waals surface area contributed by atoms with Gasteiger partial charge in [-0.2, -0.15) is 5.10 Å². The molecular formula is C30H23N5O. The smallest absolute Gasteiger partial charge is 0.257 e. The van der Waals surface area contributed by atoms with Crippen LogP contribution in [0.2, 0.25) is 0 Å². The zero-order valence-electron chi connectivity index (χ0n) is 19.5. The third-order valence-corrected chi connectivity index (χ3v) is 6.31. The van der Waals surface area contributed by atoms with E-state index in [1.54, 1.807) is 17.1 Å². The van der Waals surface area contributed by atoms with Crippen LogP contribution in [0.3, 0.4) is 0 Å². The second-order valence-corrected chi connectivity index (χ2v) is 8.65. The molecule has 0 aliphatic heterocycles. The Morgan fingerprint density at radius 3 is 2.44 bits per heavy atom. The maximum atomic E-state index is 12.4. The van der Waals surface area contributed by atoms with Gasteiger partial charge in [0, 0.05) is 35.4 Å². The minimum atomic E-state index is -0.134. The van der Waals surface area contributed by atoms with Gasteiger partial charge in [0.05, 0.1) is 28.5 Å². The molecule has 2 aromatic carbocycles. The van der Waals surface area contributed by atoms with Crippen molar-refractivity contribution in [2.24, 2.45) is 0 Å². The van der Waals surface area contributed by atoms with Gasteiger partial charge >= 0.3 is 0 Å². The van der Waals surface area contributed by atoms with E-state index >= 15 is 0 Å². The molecule has 0 saturated carbocycles. The maximum absolute atomic E-state index is 12.4. The topological polar surface area (TPSA) is 76.5 Å². The van der Waals surface area contributed by atoms with E-state index in [0.717, 1.165) is 46.6 Å². The number of hydrogen-bond acceptors (Lipinski definition) is 4. The van der Waals surface area contributed by atoms with Crippen LogP contribution in [0.25, 0.3) is 39.0 Å². The Morgan fingerprint density at radius 1 is 0.833 bits per heavy atom. The highest BCUT2D eigenvalue weighted by Gasteiger charge is 2.13. The van der Waals surface area contributed by atoms with Crippen LogP contribution in [0, 0.1) is 0 Å². The molecule has 6 rings (SSSR count). The Bertz CT molecular complexity index is 1670. The van der Waals surface area contributed by atoms with Gasteiger partial charge in [-0.3, -0.25) is 9.78 Å². The first-order valence-electron chi connectivity index (χ1n) is 11.9. The number of nitrogens with one attached hydrogen (secondary N) is 1. The summed E-state index contributed by atoms with van der Waals surface area (Å²) in [5, 5.41) is 4.83. The highest BCUT2D eigenvalue weighted by Crippen LogP contribution is 2.32. The quantitative estimate of drug-likeness (QED) is 0.343. The van der Waals surface area contributed by atoms with Crippen molar-refractivity contribution in [1.82, 2.24) is 24.7 Å². The molecule has 4 heterocycles. The Kier molecular flexibility index (Phi) is 5.68. The van der Waals surface area contributed by atoms with Crippen molar-refractivity contribution >= 4 is 10.9 Å². The van der Waals surface area contributed by atoms with Crippen LogP contribution in [0.1, 0.15) is 11.3 Å². The SMILES string of the molecule is O=c1[nH]ccc2nc(-c3ccc(CCc4ccc(-n5cccn5)cn4)cc3)c(-c3ccccc3)cc12. The van der Waals surface area contributed by atoms with Gasteiger partial charge in [0.1, 0.15) is 0 Å². The number of hydrogen-bond donors (Lipinski definition) is 1. The summed E-state index contributed by atoms with van der Waals surface area (Å²) in [6.45, 7) is 0. The minimum absolute atomic E-state index is 0.134.